The van der Waals surface area contributed by atoms with Gasteiger partial charge >= 0.3 is 0 Å². The molecule has 0 radical (unpaired) electrons. The van der Waals surface area contributed by atoms with Crippen LogP contribution in [-0.2, 0) is 0 Å². The van der Waals surface area contributed by atoms with Gasteiger partial charge in [0.1, 0.15) is 17.4 Å². The highest BCUT2D eigenvalue weighted by atomic mass is 19.1. The van der Waals surface area contributed by atoms with Crippen LogP contribution in [-0.4, -0.2) is 18.0 Å². The zero-order chi connectivity index (χ0) is 13.3. The third-order valence-electron chi connectivity index (χ3n) is 2.57. The first-order chi connectivity index (χ1) is 8.52. The number of amides is 1. The van der Waals surface area contributed by atoms with Crippen LogP contribution >= 0.6 is 0 Å². The zero-order valence-electron chi connectivity index (χ0n) is 9.66. The number of methoxy groups -OCH3 is 1. The van der Waals surface area contributed by atoms with Crippen molar-refractivity contribution >= 4 is 11.7 Å². The molecule has 18 heavy (non-hydrogen) atoms. The normalized spacial score (nSPS) is 10.3. The molecule has 1 aromatic heterocycles. The van der Waals surface area contributed by atoms with Gasteiger partial charge in [0, 0.05) is 5.56 Å². The predicted octanol–water partition coefficient (Wildman–Crippen LogP) is 1.51. The SMILES string of the molecule is COc1ccc(F)cc1-c1cc(C(N)=O)c(N)[nH]1. The molecule has 1 aromatic carbocycles. The molecule has 6 heteroatoms. The number of nitrogen functional groups attached to an aromatic ring is 1. The van der Waals surface area contributed by atoms with Crippen molar-refractivity contribution in [3.05, 3.63) is 35.6 Å². The van der Waals surface area contributed by atoms with E-state index in [0.29, 0.717) is 17.0 Å². The van der Waals surface area contributed by atoms with Gasteiger partial charge in [-0.05, 0) is 24.3 Å². The van der Waals surface area contributed by atoms with Crippen molar-refractivity contribution in [1.82, 2.24) is 4.98 Å². The highest BCUT2D eigenvalue weighted by molar-refractivity contribution is 5.99. The van der Waals surface area contributed by atoms with Crippen LogP contribution in [0.4, 0.5) is 10.2 Å². The number of aromatic amines is 1. The smallest absolute Gasteiger partial charge is 0.252 e. The summed E-state index contributed by atoms with van der Waals surface area (Å²) >= 11 is 0. The maximum absolute atomic E-state index is 13.2. The fourth-order valence-electron chi connectivity index (χ4n) is 1.71. The zero-order valence-corrected chi connectivity index (χ0v) is 9.66. The predicted molar refractivity (Wildman–Crippen MR) is 65.7 cm³/mol. The number of nitrogens with two attached hydrogens (primary N) is 2. The molecule has 0 atom stereocenters. The molecule has 5 nitrogen and oxygen atoms in total. The Balaban J connectivity index is 2.58. The summed E-state index contributed by atoms with van der Waals surface area (Å²) in [6.45, 7) is 0. The number of benzene rings is 1. The monoisotopic (exact) mass is 249 g/mol. The Hall–Kier alpha value is -2.50. The van der Waals surface area contributed by atoms with Crippen molar-refractivity contribution in [2.45, 2.75) is 0 Å². The largest absolute Gasteiger partial charge is 0.496 e. The molecule has 2 aromatic rings. The Morgan fingerprint density at radius 1 is 1.39 bits per heavy atom. The van der Waals surface area contributed by atoms with E-state index in [1.807, 2.05) is 0 Å². The van der Waals surface area contributed by atoms with E-state index < -0.39 is 11.7 Å². The van der Waals surface area contributed by atoms with E-state index in [1.54, 1.807) is 0 Å². The topological polar surface area (TPSA) is 94.1 Å². The number of rotatable bonds is 3. The number of nitrogens with one attached hydrogen (secondary N) is 1. The van der Waals surface area contributed by atoms with Gasteiger partial charge in [0.05, 0.1) is 18.4 Å². The minimum absolute atomic E-state index is 0.142. The molecule has 0 saturated heterocycles. The van der Waals surface area contributed by atoms with Gasteiger partial charge in [-0.25, -0.2) is 4.39 Å². The van der Waals surface area contributed by atoms with Crippen LogP contribution in [0.1, 0.15) is 10.4 Å². The van der Waals surface area contributed by atoms with Gasteiger partial charge in [-0.1, -0.05) is 0 Å². The molecule has 94 valence electrons. The van der Waals surface area contributed by atoms with Crippen molar-refractivity contribution in [1.29, 1.82) is 0 Å². The van der Waals surface area contributed by atoms with Crippen LogP contribution in [0.15, 0.2) is 24.3 Å². The van der Waals surface area contributed by atoms with Crippen molar-refractivity contribution in [3.63, 3.8) is 0 Å². The Kier molecular flexibility index (Phi) is 2.93. The molecule has 0 spiro atoms. The van der Waals surface area contributed by atoms with Crippen LogP contribution in [0.5, 0.6) is 5.75 Å². The number of primary amides is 1. The second-order valence-corrected chi connectivity index (χ2v) is 3.72. The van der Waals surface area contributed by atoms with Crippen molar-refractivity contribution in [2.75, 3.05) is 12.8 Å². The summed E-state index contributed by atoms with van der Waals surface area (Å²) in [7, 11) is 1.47. The van der Waals surface area contributed by atoms with Crippen LogP contribution in [0.2, 0.25) is 0 Å². The average Bonchev–Trinajstić information content (AvgIpc) is 2.71. The summed E-state index contributed by atoms with van der Waals surface area (Å²) < 4.78 is 18.4. The second-order valence-electron chi connectivity index (χ2n) is 3.72. The lowest BCUT2D eigenvalue weighted by molar-refractivity contribution is 0.100. The third kappa shape index (κ3) is 2.00. The van der Waals surface area contributed by atoms with Gasteiger partial charge in [-0.3, -0.25) is 4.79 Å². The molecule has 0 bridgehead atoms. The summed E-state index contributed by atoms with van der Waals surface area (Å²) in [4.78, 5) is 13.9. The maximum atomic E-state index is 13.2. The number of carbonyl (C=O) groups excluding carboxylic acids is 1. The molecule has 2 rings (SSSR count). The van der Waals surface area contributed by atoms with Gasteiger partial charge in [-0.15, -0.1) is 0 Å². The molecule has 0 saturated carbocycles. The number of hydrogen-bond acceptors (Lipinski definition) is 3. The first-order valence-electron chi connectivity index (χ1n) is 5.15. The first kappa shape index (κ1) is 12.0. The lowest BCUT2D eigenvalue weighted by Crippen LogP contribution is -2.11. The summed E-state index contributed by atoms with van der Waals surface area (Å²) in [6, 6.07) is 5.53. The van der Waals surface area contributed by atoms with E-state index in [9.17, 15) is 9.18 Å². The number of carbonyl (C=O) groups is 1. The van der Waals surface area contributed by atoms with E-state index in [1.165, 1.54) is 31.4 Å². The molecule has 1 heterocycles. The molecule has 0 aliphatic carbocycles. The number of anilines is 1. The summed E-state index contributed by atoms with van der Waals surface area (Å²) in [6.07, 6.45) is 0. The summed E-state index contributed by atoms with van der Waals surface area (Å²) in [5, 5.41) is 0. The molecular weight excluding hydrogens is 237 g/mol. The fraction of sp³-hybridized carbons (Fsp3) is 0.0833. The quantitative estimate of drug-likeness (QED) is 0.769. The average molecular weight is 249 g/mol. The maximum Gasteiger partial charge on any atom is 0.252 e. The highest BCUT2D eigenvalue weighted by Gasteiger charge is 2.14. The van der Waals surface area contributed by atoms with Gasteiger partial charge in [0.15, 0.2) is 0 Å². The number of aromatic nitrogens is 1. The number of H-pyrrole nitrogens is 1. The molecule has 0 fully saturated rings. The number of halogens is 1. The van der Waals surface area contributed by atoms with E-state index in [2.05, 4.69) is 4.98 Å². The summed E-state index contributed by atoms with van der Waals surface area (Å²) in [5.74, 6) is -0.456. The van der Waals surface area contributed by atoms with E-state index >= 15 is 0 Å². The summed E-state index contributed by atoms with van der Waals surface area (Å²) in [5.41, 5.74) is 11.9. The molecule has 0 aliphatic rings. The standard InChI is InChI=1S/C12H12FN3O2/c1-18-10-3-2-6(13)4-7(10)9-5-8(12(15)17)11(14)16-9/h2-5,16H,14H2,1H3,(H2,15,17). The minimum Gasteiger partial charge on any atom is -0.496 e. The third-order valence-corrected chi connectivity index (χ3v) is 2.57. The Bertz CT molecular complexity index is 607. The molecule has 1 amide bonds. The lowest BCUT2D eigenvalue weighted by Gasteiger charge is -2.06. The van der Waals surface area contributed by atoms with Gasteiger partial charge in [0.25, 0.3) is 5.91 Å². The first-order valence-corrected chi connectivity index (χ1v) is 5.15. The molecule has 0 aliphatic heterocycles. The highest BCUT2D eigenvalue weighted by Crippen LogP contribution is 2.31. The number of hydrogen-bond donors (Lipinski definition) is 3. The van der Waals surface area contributed by atoms with Crippen LogP contribution in [0, 0.1) is 5.82 Å². The minimum atomic E-state index is -0.648. The lowest BCUT2D eigenvalue weighted by atomic mass is 10.1. The van der Waals surface area contributed by atoms with Crippen LogP contribution in [0.25, 0.3) is 11.3 Å². The fourth-order valence-corrected chi connectivity index (χ4v) is 1.71. The van der Waals surface area contributed by atoms with Gasteiger partial charge in [0.2, 0.25) is 0 Å². The Morgan fingerprint density at radius 3 is 2.67 bits per heavy atom. The number of ether oxygens (including phenoxy) is 1. The second kappa shape index (κ2) is 4.40. The van der Waals surface area contributed by atoms with Crippen LogP contribution in [0.3, 0.4) is 0 Å². The Labute approximate surface area is 103 Å². The van der Waals surface area contributed by atoms with Crippen molar-refractivity contribution in [2.24, 2.45) is 5.73 Å². The van der Waals surface area contributed by atoms with Gasteiger partial charge in [-0.2, -0.15) is 0 Å². The van der Waals surface area contributed by atoms with Gasteiger partial charge < -0.3 is 21.2 Å². The van der Waals surface area contributed by atoms with E-state index in [4.69, 9.17) is 16.2 Å². The van der Waals surface area contributed by atoms with Crippen molar-refractivity contribution < 1.29 is 13.9 Å². The van der Waals surface area contributed by atoms with E-state index in [0.717, 1.165) is 0 Å². The molecule has 0 unspecified atom stereocenters. The van der Waals surface area contributed by atoms with Crippen LogP contribution < -0.4 is 16.2 Å². The Morgan fingerprint density at radius 2 is 2.11 bits per heavy atom. The van der Waals surface area contributed by atoms with Crippen molar-refractivity contribution in [3.8, 4) is 17.0 Å². The van der Waals surface area contributed by atoms with E-state index in [-0.39, 0.29) is 11.4 Å². The molecular formula is C12H12FN3O2. The molecule has 5 N–H and O–H groups in total.